The lowest BCUT2D eigenvalue weighted by Crippen LogP contribution is -2.18. The van der Waals surface area contributed by atoms with Crippen molar-refractivity contribution in [3.63, 3.8) is 0 Å². The zero-order valence-corrected chi connectivity index (χ0v) is 19.5. The average molecular weight is 430 g/mol. The summed E-state index contributed by atoms with van der Waals surface area (Å²) in [5.41, 5.74) is 3.64. The summed E-state index contributed by atoms with van der Waals surface area (Å²) >= 11 is 6.32. The topological polar surface area (TPSA) is 33.1 Å². The third-order valence-electron chi connectivity index (χ3n) is 5.71. The summed E-state index contributed by atoms with van der Waals surface area (Å²) in [5, 5.41) is 10.5. The minimum Gasteiger partial charge on any atom is -0.508 e. The molecule has 0 aliphatic heterocycles. The number of benzene rings is 1. The Balaban J connectivity index is 1.69. The molecule has 0 fully saturated rings. The van der Waals surface area contributed by atoms with Gasteiger partial charge in [0.25, 0.3) is 0 Å². The van der Waals surface area contributed by atoms with Gasteiger partial charge < -0.3 is 5.11 Å². The minimum atomic E-state index is -0.342. The van der Waals surface area contributed by atoms with E-state index in [-0.39, 0.29) is 22.5 Å². The molecule has 4 heteroatoms. The first-order chi connectivity index (χ1) is 13.9. The number of rotatable bonds is 6. The fraction of sp³-hybridized carbons (Fsp3) is 0.500. The van der Waals surface area contributed by atoms with Crippen LogP contribution in [0.25, 0.3) is 5.57 Å². The molecule has 1 atom stereocenters. The SMILES string of the molecule is CC(C)(C)Cc1ccc(C2=CC(CC(C)(C)Cc3cc(O)ccc3Cl)CC2)nc1F. The Morgan fingerprint density at radius 3 is 2.47 bits per heavy atom. The average Bonchev–Trinajstić information content (AvgIpc) is 3.06. The van der Waals surface area contributed by atoms with E-state index in [1.807, 2.05) is 12.1 Å². The molecule has 0 saturated heterocycles. The van der Waals surface area contributed by atoms with Gasteiger partial charge in [-0.3, -0.25) is 0 Å². The van der Waals surface area contributed by atoms with Crippen molar-refractivity contribution in [1.82, 2.24) is 4.98 Å². The van der Waals surface area contributed by atoms with Gasteiger partial charge in [-0.1, -0.05) is 58.4 Å². The molecule has 0 spiro atoms. The molecule has 1 unspecified atom stereocenters. The molecule has 1 aromatic heterocycles. The number of allylic oxidation sites excluding steroid dienone is 2. The van der Waals surface area contributed by atoms with Crippen LogP contribution in [0, 0.1) is 22.7 Å². The summed E-state index contributed by atoms with van der Waals surface area (Å²) in [5.74, 6) is 0.340. The summed E-state index contributed by atoms with van der Waals surface area (Å²) in [6, 6.07) is 8.98. The zero-order chi connectivity index (χ0) is 22.1. The molecule has 3 rings (SSSR count). The second kappa shape index (κ2) is 8.70. The predicted octanol–water partition coefficient (Wildman–Crippen LogP) is 7.62. The molecule has 0 radical (unpaired) electrons. The smallest absolute Gasteiger partial charge is 0.216 e. The second-order valence-corrected chi connectivity index (χ2v) is 11.1. The van der Waals surface area contributed by atoms with Crippen molar-refractivity contribution in [2.24, 2.45) is 16.7 Å². The summed E-state index contributed by atoms with van der Waals surface area (Å²) in [6.07, 6.45) is 6.75. The minimum absolute atomic E-state index is 0.0310. The fourth-order valence-electron chi connectivity index (χ4n) is 4.51. The predicted molar refractivity (Wildman–Crippen MR) is 123 cm³/mol. The third-order valence-corrected chi connectivity index (χ3v) is 6.08. The van der Waals surface area contributed by atoms with E-state index in [0.717, 1.165) is 42.5 Å². The molecule has 0 saturated carbocycles. The highest BCUT2D eigenvalue weighted by molar-refractivity contribution is 6.31. The fourth-order valence-corrected chi connectivity index (χ4v) is 4.69. The van der Waals surface area contributed by atoms with Crippen LogP contribution in [0.2, 0.25) is 5.02 Å². The monoisotopic (exact) mass is 429 g/mol. The van der Waals surface area contributed by atoms with Crippen LogP contribution in [-0.4, -0.2) is 10.1 Å². The van der Waals surface area contributed by atoms with E-state index < -0.39 is 0 Å². The van der Waals surface area contributed by atoms with Gasteiger partial charge in [-0.2, -0.15) is 4.39 Å². The van der Waals surface area contributed by atoms with Gasteiger partial charge in [-0.25, -0.2) is 4.98 Å². The Morgan fingerprint density at radius 2 is 1.80 bits per heavy atom. The molecule has 1 heterocycles. The Kier molecular flexibility index (Phi) is 6.62. The van der Waals surface area contributed by atoms with Crippen molar-refractivity contribution in [3.05, 3.63) is 64.2 Å². The summed E-state index contributed by atoms with van der Waals surface area (Å²) in [6.45, 7) is 10.8. The van der Waals surface area contributed by atoms with E-state index in [9.17, 15) is 9.50 Å². The van der Waals surface area contributed by atoms with Crippen LogP contribution < -0.4 is 0 Å². The van der Waals surface area contributed by atoms with Crippen LogP contribution in [0.15, 0.2) is 36.4 Å². The molecule has 30 heavy (non-hydrogen) atoms. The first-order valence-corrected chi connectivity index (χ1v) is 11.1. The zero-order valence-electron chi connectivity index (χ0n) is 18.7. The van der Waals surface area contributed by atoms with E-state index in [1.54, 1.807) is 18.2 Å². The molecule has 1 aliphatic carbocycles. The van der Waals surface area contributed by atoms with Crippen LogP contribution >= 0.6 is 11.6 Å². The van der Waals surface area contributed by atoms with Crippen LogP contribution in [0.1, 0.15) is 70.7 Å². The van der Waals surface area contributed by atoms with Crippen molar-refractivity contribution in [1.29, 1.82) is 0 Å². The summed E-state index contributed by atoms with van der Waals surface area (Å²) in [7, 11) is 0. The van der Waals surface area contributed by atoms with E-state index >= 15 is 0 Å². The normalized spacial score (nSPS) is 17.3. The third kappa shape index (κ3) is 6.07. The first kappa shape index (κ1) is 22.8. The van der Waals surface area contributed by atoms with Gasteiger partial charge in [0.1, 0.15) is 5.75 Å². The highest BCUT2D eigenvalue weighted by Gasteiger charge is 2.27. The van der Waals surface area contributed by atoms with Crippen molar-refractivity contribution in [3.8, 4) is 5.75 Å². The Hall–Kier alpha value is -1.87. The quantitative estimate of drug-likeness (QED) is 0.479. The number of aromatic nitrogens is 1. The Morgan fingerprint density at radius 1 is 1.07 bits per heavy atom. The molecule has 1 aliphatic rings. The first-order valence-electron chi connectivity index (χ1n) is 10.8. The Labute approximate surface area is 185 Å². The number of hydrogen-bond acceptors (Lipinski definition) is 2. The van der Waals surface area contributed by atoms with E-state index in [1.165, 1.54) is 0 Å². The number of pyridine rings is 1. The van der Waals surface area contributed by atoms with Crippen molar-refractivity contribution in [2.45, 2.75) is 66.7 Å². The Bertz CT molecular complexity index is 943. The lowest BCUT2D eigenvalue weighted by Gasteiger charge is -2.28. The number of aromatic hydroxyl groups is 1. The lowest BCUT2D eigenvalue weighted by molar-refractivity contribution is 0.288. The molecule has 1 N–H and O–H groups in total. The van der Waals surface area contributed by atoms with Crippen molar-refractivity contribution < 1.29 is 9.50 Å². The molecule has 2 nitrogen and oxygen atoms in total. The number of phenols is 1. The van der Waals surface area contributed by atoms with Crippen LogP contribution in [0.3, 0.4) is 0 Å². The van der Waals surface area contributed by atoms with E-state index in [0.29, 0.717) is 22.9 Å². The summed E-state index contributed by atoms with van der Waals surface area (Å²) in [4.78, 5) is 4.28. The van der Waals surface area contributed by atoms with Gasteiger partial charge >= 0.3 is 0 Å². The van der Waals surface area contributed by atoms with Crippen molar-refractivity contribution in [2.75, 3.05) is 0 Å². The van der Waals surface area contributed by atoms with Gasteiger partial charge in [-0.05, 0) is 84.3 Å². The summed E-state index contributed by atoms with van der Waals surface area (Å²) < 4.78 is 14.5. The molecule has 0 bridgehead atoms. The maximum absolute atomic E-state index is 14.5. The number of halogens is 2. The molecule has 0 amide bonds. The van der Waals surface area contributed by atoms with Crippen LogP contribution in [0.5, 0.6) is 5.75 Å². The second-order valence-electron chi connectivity index (χ2n) is 10.7. The van der Waals surface area contributed by atoms with Crippen LogP contribution in [-0.2, 0) is 12.8 Å². The van der Waals surface area contributed by atoms with Gasteiger partial charge in [0.15, 0.2) is 0 Å². The van der Waals surface area contributed by atoms with E-state index in [4.69, 9.17) is 11.6 Å². The largest absolute Gasteiger partial charge is 0.508 e. The molecule has 1 aromatic carbocycles. The van der Waals surface area contributed by atoms with Gasteiger partial charge in [0.2, 0.25) is 5.95 Å². The lowest BCUT2D eigenvalue weighted by atomic mass is 9.78. The highest BCUT2D eigenvalue weighted by Crippen LogP contribution is 2.40. The molecular formula is C26H33ClFNO. The molecule has 162 valence electrons. The highest BCUT2D eigenvalue weighted by atomic mass is 35.5. The number of hydrogen-bond donors (Lipinski definition) is 1. The van der Waals surface area contributed by atoms with E-state index in [2.05, 4.69) is 45.7 Å². The van der Waals surface area contributed by atoms with Crippen molar-refractivity contribution >= 4 is 17.2 Å². The number of phenolic OH excluding ortho intramolecular Hbond substituents is 1. The van der Waals surface area contributed by atoms with Gasteiger partial charge in [0.05, 0.1) is 5.69 Å². The standard InChI is InChI=1S/C26H33ClFNO/c1-25(2,3)15-19-8-11-23(29-24(19)28)18-7-6-17(12-18)14-26(4,5)16-20-13-21(30)9-10-22(20)27/h8-13,17,30H,6-7,14-16H2,1-5H3. The maximum atomic E-state index is 14.5. The maximum Gasteiger partial charge on any atom is 0.216 e. The van der Waals surface area contributed by atoms with Crippen LogP contribution in [0.4, 0.5) is 4.39 Å². The molecule has 2 aromatic rings. The number of nitrogens with zero attached hydrogens (tertiary/aromatic N) is 1. The molecular weight excluding hydrogens is 397 g/mol. The van der Waals surface area contributed by atoms with Gasteiger partial charge in [0, 0.05) is 10.6 Å². The van der Waals surface area contributed by atoms with Gasteiger partial charge in [-0.15, -0.1) is 0 Å².